The summed E-state index contributed by atoms with van der Waals surface area (Å²) in [6, 6.07) is 11.3. The number of halogens is 1. The second kappa shape index (κ2) is 13.6. The molecule has 4 N–H and O–H groups in total. The Kier molecular flexibility index (Phi) is 9.23. The van der Waals surface area contributed by atoms with E-state index in [0.29, 0.717) is 31.3 Å². The number of nitrogens with zero attached hydrogens (tertiary/aromatic N) is 5. The first-order chi connectivity index (χ1) is 23.8. The molecular weight excluding hydrogens is 647 g/mol. The molecule has 4 aromatic heterocycles. The Balaban J connectivity index is 1.28. The fourth-order valence-electron chi connectivity index (χ4n) is 6.22. The van der Waals surface area contributed by atoms with Gasteiger partial charge in [0, 0.05) is 30.0 Å². The minimum absolute atomic E-state index is 0.0639. The van der Waals surface area contributed by atoms with E-state index in [0.717, 1.165) is 16.8 Å². The molecule has 5 aromatic rings. The van der Waals surface area contributed by atoms with Crippen molar-refractivity contribution >= 4 is 34.6 Å². The molecule has 3 amide bonds. The van der Waals surface area contributed by atoms with Crippen molar-refractivity contribution in [1.29, 1.82) is 0 Å². The van der Waals surface area contributed by atoms with Gasteiger partial charge in [0.15, 0.2) is 5.65 Å². The van der Waals surface area contributed by atoms with Crippen molar-refractivity contribution in [3.05, 3.63) is 105 Å². The van der Waals surface area contributed by atoms with Crippen LogP contribution in [-0.2, 0) is 4.74 Å². The fraction of sp³-hybridized carbons (Fsp3) is 0.343. The second-order valence-corrected chi connectivity index (χ2v) is 13.5. The van der Waals surface area contributed by atoms with E-state index in [1.165, 1.54) is 10.6 Å². The third-order valence-corrected chi connectivity index (χ3v) is 8.99. The van der Waals surface area contributed by atoms with E-state index >= 15 is 0 Å². The van der Waals surface area contributed by atoms with Crippen LogP contribution in [0.4, 0.5) is 9.18 Å². The maximum Gasteiger partial charge on any atom is 0.404 e. The van der Waals surface area contributed by atoms with Gasteiger partial charge in [-0.2, -0.15) is 0 Å². The van der Waals surface area contributed by atoms with Crippen LogP contribution >= 0.6 is 0 Å². The lowest BCUT2D eigenvalue weighted by Crippen LogP contribution is -2.47. The summed E-state index contributed by atoms with van der Waals surface area (Å²) in [5.74, 6) is -1.57. The summed E-state index contributed by atoms with van der Waals surface area (Å²) in [5.41, 5.74) is 4.53. The Morgan fingerprint density at radius 2 is 1.80 bits per heavy atom. The van der Waals surface area contributed by atoms with Crippen molar-refractivity contribution in [2.45, 2.75) is 64.6 Å². The average Bonchev–Trinajstić information content (AvgIpc) is 3.52. The zero-order chi connectivity index (χ0) is 35.7. The SMILES string of the molecule is CC(C)(C)C(COC(N)=O)NC(=O)c1cccc(-n2c(=O)n([C@H]3CC[C@@H](NC(=O)c4cn5ccccc5n4)CC3)c(=O)c3cc(F)cnc32)c1. The smallest absolute Gasteiger partial charge is 0.404 e. The molecule has 0 aliphatic heterocycles. The van der Waals surface area contributed by atoms with Crippen molar-refractivity contribution in [3.8, 4) is 5.69 Å². The van der Waals surface area contributed by atoms with Gasteiger partial charge in [0.25, 0.3) is 17.4 Å². The van der Waals surface area contributed by atoms with Crippen molar-refractivity contribution in [1.82, 2.24) is 34.1 Å². The van der Waals surface area contributed by atoms with Crippen LogP contribution in [0.5, 0.6) is 0 Å². The normalized spacial score (nSPS) is 17.0. The summed E-state index contributed by atoms with van der Waals surface area (Å²) in [6.07, 6.45) is 5.16. The molecule has 1 atom stereocenters. The molecule has 1 saturated carbocycles. The molecule has 1 unspecified atom stereocenters. The third kappa shape index (κ3) is 6.97. The van der Waals surface area contributed by atoms with Gasteiger partial charge in [-0.15, -0.1) is 0 Å². The zero-order valence-corrected chi connectivity index (χ0v) is 27.8. The quantitative estimate of drug-likeness (QED) is 0.222. The largest absolute Gasteiger partial charge is 0.448 e. The fourth-order valence-corrected chi connectivity index (χ4v) is 6.22. The van der Waals surface area contributed by atoms with Crippen LogP contribution in [0.3, 0.4) is 0 Å². The average molecular weight is 685 g/mol. The maximum absolute atomic E-state index is 14.5. The van der Waals surface area contributed by atoms with Crippen LogP contribution in [0.1, 0.15) is 73.3 Å². The summed E-state index contributed by atoms with van der Waals surface area (Å²) < 4.78 is 23.5. The molecule has 0 spiro atoms. The molecule has 15 heteroatoms. The summed E-state index contributed by atoms with van der Waals surface area (Å²) in [5, 5.41) is 5.77. The van der Waals surface area contributed by atoms with Gasteiger partial charge < -0.3 is 25.5 Å². The maximum atomic E-state index is 14.5. The minimum atomic E-state index is -0.970. The van der Waals surface area contributed by atoms with Crippen molar-refractivity contribution in [3.63, 3.8) is 0 Å². The molecule has 50 heavy (non-hydrogen) atoms. The van der Waals surface area contributed by atoms with E-state index in [1.807, 2.05) is 32.9 Å². The van der Waals surface area contributed by atoms with E-state index in [1.54, 1.807) is 41.1 Å². The van der Waals surface area contributed by atoms with Crippen LogP contribution in [0.25, 0.3) is 22.4 Å². The summed E-state index contributed by atoms with van der Waals surface area (Å²) in [6.45, 7) is 5.44. The van der Waals surface area contributed by atoms with Gasteiger partial charge in [-0.05, 0) is 67.5 Å². The van der Waals surface area contributed by atoms with Gasteiger partial charge in [0.05, 0.1) is 23.3 Å². The molecule has 0 radical (unpaired) electrons. The first-order valence-electron chi connectivity index (χ1n) is 16.2. The lowest BCUT2D eigenvalue weighted by molar-refractivity contribution is 0.0803. The lowest BCUT2D eigenvalue weighted by Gasteiger charge is -2.31. The number of hydrogen-bond acceptors (Lipinski definition) is 8. The van der Waals surface area contributed by atoms with Gasteiger partial charge in [0.1, 0.15) is 23.8 Å². The second-order valence-electron chi connectivity index (χ2n) is 13.5. The molecular formula is C35H37FN8O6. The summed E-state index contributed by atoms with van der Waals surface area (Å²) in [7, 11) is 0. The first-order valence-corrected chi connectivity index (χ1v) is 16.2. The Morgan fingerprint density at radius 1 is 1.04 bits per heavy atom. The third-order valence-electron chi connectivity index (χ3n) is 8.99. The Hall–Kier alpha value is -5.86. The number of pyridine rings is 2. The van der Waals surface area contributed by atoms with Crippen LogP contribution < -0.4 is 27.6 Å². The van der Waals surface area contributed by atoms with E-state index in [-0.39, 0.29) is 46.5 Å². The van der Waals surface area contributed by atoms with Crippen molar-refractivity contribution in [2.24, 2.45) is 11.1 Å². The first kappa shape index (κ1) is 34.0. The number of fused-ring (bicyclic) bond motifs is 2. The highest BCUT2D eigenvalue weighted by molar-refractivity contribution is 5.95. The number of aromatic nitrogens is 5. The number of amides is 3. The monoisotopic (exact) mass is 684 g/mol. The van der Waals surface area contributed by atoms with E-state index in [9.17, 15) is 28.4 Å². The van der Waals surface area contributed by atoms with Gasteiger partial charge in [-0.25, -0.2) is 28.5 Å². The lowest BCUT2D eigenvalue weighted by atomic mass is 9.87. The predicted molar refractivity (Wildman–Crippen MR) is 182 cm³/mol. The molecule has 1 aliphatic carbocycles. The van der Waals surface area contributed by atoms with Crippen LogP contribution in [0, 0.1) is 11.2 Å². The number of carbonyl (C=O) groups excluding carboxylic acids is 3. The van der Waals surface area contributed by atoms with Crippen LogP contribution in [0.15, 0.2) is 76.7 Å². The van der Waals surface area contributed by atoms with Crippen molar-refractivity contribution < 1.29 is 23.5 Å². The van der Waals surface area contributed by atoms with Gasteiger partial charge in [-0.3, -0.25) is 19.0 Å². The number of primary amides is 1. The Morgan fingerprint density at radius 3 is 2.50 bits per heavy atom. The standard InChI is InChI=1S/C35H37FN8O6/c1-35(2,3)27(19-50-33(37)48)41-30(45)20-7-6-8-24(15-20)43-29-25(16-21(36)17-38-29)32(47)44(34(43)49)23-12-10-22(11-13-23)39-31(46)26-18-42-14-5-4-9-28(42)40-26/h4-9,14-18,22-23,27H,10-13,19H2,1-3H3,(H2,37,48)(H,39,46)(H,41,45)/t22-,23+,27?. The number of nitrogens with two attached hydrogens (primary N) is 1. The number of nitrogens with one attached hydrogen (secondary N) is 2. The summed E-state index contributed by atoms with van der Waals surface area (Å²) in [4.78, 5) is 74.1. The van der Waals surface area contributed by atoms with E-state index < -0.39 is 46.6 Å². The zero-order valence-electron chi connectivity index (χ0n) is 27.8. The molecule has 1 aromatic carbocycles. The van der Waals surface area contributed by atoms with Gasteiger partial charge in [-0.1, -0.05) is 32.9 Å². The van der Waals surface area contributed by atoms with E-state index in [4.69, 9.17) is 10.5 Å². The van der Waals surface area contributed by atoms with E-state index in [2.05, 4.69) is 20.6 Å². The van der Waals surface area contributed by atoms with Crippen LogP contribution in [0.2, 0.25) is 0 Å². The number of rotatable bonds is 8. The van der Waals surface area contributed by atoms with Gasteiger partial charge >= 0.3 is 11.8 Å². The highest BCUT2D eigenvalue weighted by Gasteiger charge is 2.30. The topological polar surface area (TPSA) is 185 Å². The van der Waals surface area contributed by atoms with Gasteiger partial charge in [0.2, 0.25) is 0 Å². The minimum Gasteiger partial charge on any atom is -0.448 e. The van der Waals surface area contributed by atoms with Crippen LogP contribution in [-0.4, -0.2) is 60.1 Å². The molecule has 6 rings (SSSR count). The molecule has 1 fully saturated rings. The van der Waals surface area contributed by atoms with Crippen molar-refractivity contribution in [2.75, 3.05) is 6.61 Å². The molecule has 0 saturated heterocycles. The molecule has 14 nitrogen and oxygen atoms in total. The number of ether oxygens (including phenoxy) is 1. The molecule has 1 aliphatic rings. The predicted octanol–water partition coefficient (Wildman–Crippen LogP) is 3.49. The number of carbonyl (C=O) groups is 3. The molecule has 260 valence electrons. The highest BCUT2D eigenvalue weighted by atomic mass is 19.1. The number of benzene rings is 1. The molecule has 0 bridgehead atoms. The molecule has 4 heterocycles. The summed E-state index contributed by atoms with van der Waals surface area (Å²) >= 11 is 0. The Bertz CT molecular complexity index is 2200. The number of hydrogen-bond donors (Lipinski definition) is 3. The Labute approximate surface area is 285 Å². The highest BCUT2D eigenvalue weighted by Crippen LogP contribution is 2.28. The number of imidazole rings is 1.